The maximum Gasteiger partial charge on any atom is 0.133 e. The predicted octanol–water partition coefficient (Wildman–Crippen LogP) is 3.59. The van der Waals surface area contributed by atoms with Crippen molar-refractivity contribution >= 4 is 6.08 Å². The highest BCUT2D eigenvalue weighted by Gasteiger charge is 1.98. The molecule has 1 aromatic heterocycles. The second-order valence-corrected chi connectivity index (χ2v) is 2.81. The smallest absolute Gasteiger partial charge is 0.133 e. The van der Waals surface area contributed by atoms with Gasteiger partial charge in [-0.1, -0.05) is 30.9 Å². The summed E-state index contributed by atoms with van der Waals surface area (Å²) >= 11 is 0. The molecule has 0 atom stereocenters. The second-order valence-electron chi connectivity index (χ2n) is 2.81. The van der Waals surface area contributed by atoms with Crippen LogP contribution < -0.4 is 0 Å². The molecule has 0 saturated carbocycles. The van der Waals surface area contributed by atoms with Crippen LogP contribution in [-0.4, -0.2) is 0 Å². The zero-order valence-corrected chi connectivity index (χ0v) is 7.23. The van der Waals surface area contributed by atoms with Crippen molar-refractivity contribution in [2.45, 2.75) is 0 Å². The Balaban J connectivity index is 2.47. The van der Waals surface area contributed by atoms with Crippen LogP contribution in [0.15, 0.2) is 53.7 Å². The van der Waals surface area contributed by atoms with Crippen molar-refractivity contribution in [3.05, 3.63) is 54.8 Å². The molecule has 64 valence electrons. The normalized spacial score (nSPS) is 9.85. The van der Waals surface area contributed by atoms with Crippen molar-refractivity contribution in [1.82, 2.24) is 0 Å². The van der Waals surface area contributed by atoms with Crippen LogP contribution in [0.4, 0.5) is 0 Å². The first-order valence-electron chi connectivity index (χ1n) is 4.16. The Morgan fingerprint density at radius 2 is 2.08 bits per heavy atom. The summed E-state index contributed by atoms with van der Waals surface area (Å²) in [6.45, 7) is 3.72. The fourth-order valence-electron chi connectivity index (χ4n) is 1.26. The Hall–Kier alpha value is -1.76. The molecule has 1 heteroatoms. The van der Waals surface area contributed by atoms with Crippen LogP contribution in [0.3, 0.4) is 0 Å². The van der Waals surface area contributed by atoms with Crippen molar-refractivity contribution in [3.8, 4) is 11.3 Å². The van der Waals surface area contributed by atoms with Gasteiger partial charge in [0.2, 0.25) is 0 Å². The Morgan fingerprint density at radius 3 is 2.77 bits per heavy atom. The van der Waals surface area contributed by atoms with E-state index in [-0.39, 0.29) is 0 Å². The van der Waals surface area contributed by atoms with Gasteiger partial charge in [0.15, 0.2) is 0 Å². The van der Waals surface area contributed by atoms with Gasteiger partial charge in [0.05, 0.1) is 6.26 Å². The van der Waals surface area contributed by atoms with Crippen LogP contribution in [0.25, 0.3) is 17.4 Å². The Bertz CT molecular complexity index is 399. The van der Waals surface area contributed by atoms with Gasteiger partial charge in [0.25, 0.3) is 0 Å². The topological polar surface area (TPSA) is 13.1 Å². The highest BCUT2D eigenvalue weighted by Crippen LogP contribution is 2.20. The van der Waals surface area contributed by atoms with Gasteiger partial charge >= 0.3 is 0 Å². The minimum absolute atomic E-state index is 0.892. The molecule has 2 rings (SSSR count). The van der Waals surface area contributed by atoms with Gasteiger partial charge in [-0.05, 0) is 23.8 Å². The van der Waals surface area contributed by atoms with Crippen LogP contribution >= 0.6 is 0 Å². The third kappa shape index (κ3) is 1.54. The molecule has 1 nitrogen and oxygen atoms in total. The molecule has 1 heterocycles. The lowest BCUT2D eigenvalue weighted by atomic mass is 10.1. The molecule has 0 bridgehead atoms. The maximum atomic E-state index is 5.28. The molecule has 0 spiro atoms. The number of furan rings is 1. The van der Waals surface area contributed by atoms with Crippen LogP contribution in [0, 0.1) is 0 Å². The van der Waals surface area contributed by atoms with E-state index in [0.29, 0.717) is 0 Å². The number of hydrogen-bond donors (Lipinski definition) is 0. The maximum absolute atomic E-state index is 5.28. The summed E-state index contributed by atoms with van der Waals surface area (Å²) < 4.78 is 5.28. The minimum Gasteiger partial charge on any atom is -0.464 e. The Morgan fingerprint density at radius 1 is 1.15 bits per heavy atom. The van der Waals surface area contributed by atoms with E-state index in [2.05, 4.69) is 6.58 Å². The summed E-state index contributed by atoms with van der Waals surface area (Å²) in [5.74, 6) is 0.892. The lowest BCUT2D eigenvalue weighted by molar-refractivity contribution is 0.582. The second kappa shape index (κ2) is 3.31. The lowest BCUT2D eigenvalue weighted by Gasteiger charge is -1.97. The number of benzene rings is 1. The van der Waals surface area contributed by atoms with E-state index in [0.717, 1.165) is 16.9 Å². The van der Waals surface area contributed by atoms with Gasteiger partial charge in [-0.2, -0.15) is 0 Å². The van der Waals surface area contributed by atoms with Crippen LogP contribution in [0.5, 0.6) is 0 Å². The largest absolute Gasteiger partial charge is 0.464 e. The quantitative estimate of drug-likeness (QED) is 0.671. The highest BCUT2D eigenvalue weighted by atomic mass is 16.3. The molecule has 0 aliphatic carbocycles. The molecule has 0 aliphatic rings. The molecule has 0 amide bonds. The van der Waals surface area contributed by atoms with Gasteiger partial charge in [0.1, 0.15) is 5.76 Å². The highest BCUT2D eigenvalue weighted by molar-refractivity contribution is 5.62. The summed E-state index contributed by atoms with van der Waals surface area (Å²) in [6.07, 6.45) is 3.50. The first kappa shape index (κ1) is 7.87. The molecule has 13 heavy (non-hydrogen) atoms. The van der Waals surface area contributed by atoms with Gasteiger partial charge in [-0.15, -0.1) is 0 Å². The van der Waals surface area contributed by atoms with Crippen molar-refractivity contribution in [2.24, 2.45) is 0 Å². The Kier molecular flexibility index (Phi) is 2.01. The predicted molar refractivity (Wildman–Crippen MR) is 54.2 cm³/mol. The minimum atomic E-state index is 0.892. The molecule has 0 saturated heterocycles. The monoisotopic (exact) mass is 170 g/mol. The summed E-state index contributed by atoms with van der Waals surface area (Å²) in [5.41, 5.74) is 2.19. The van der Waals surface area contributed by atoms with Crippen molar-refractivity contribution in [1.29, 1.82) is 0 Å². The van der Waals surface area contributed by atoms with Gasteiger partial charge in [-0.25, -0.2) is 0 Å². The zero-order chi connectivity index (χ0) is 9.10. The molecule has 2 aromatic rings. The average molecular weight is 170 g/mol. The molecular weight excluding hydrogens is 160 g/mol. The van der Waals surface area contributed by atoms with Crippen LogP contribution in [0.2, 0.25) is 0 Å². The van der Waals surface area contributed by atoms with E-state index in [1.165, 1.54) is 0 Å². The van der Waals surface area contributed by atoms with E-state index in [1.54, 1.807) is 6.26 Å². The van der Waals surface area contributed by atoms with E-state index in [4.69, 9.17) is 4.42 Å². The first-order chi connectivity index (χ1) is 6.40. The van der Waals surface area contributed by atoms with E-state index >= 15 is 0 Å². The third-order valence-corrected chi connectivity index (χ3v) is 1.93. The molecular formula is C12H10O. The van der Waals surface area contributed by atoms with Crippen molar-refractivity contribution < 1.29 is 4.42 Å². The first-order valence-corrected chi connectivity index (χ1v) is 4.16. The van der Waals surface area contributed by atoms with Gasteiger partial charge in [-0.3, -0.25) is 0 Å². The molecule has 0 radical (unpaired) electrons. The molecule has 0 aliphatic heterocycles. The van der Waals surface area contributed by atoms with Crippen LogP contribution in [0.1, 0.15) is 5.56 Å². The number of rotatable bonds is 2. The number of hydrogen-bond acceptors (Lipinski definition) is 1. The fourth-order valence-corrected chi connectivity index (χ4v) is 1.26. The van der Waals surface area contributed by atoms with E-state index in [9.17, 15) is 0 Å². The fraction of sp³-hybridized carbons (Fsp3) is 0. The zero-order valence-electron chi connectivity index (χ0n) is 7.23. The van der Waals surface area contributed by atoms with E-state index < -0.39 is 0 Å². The van der Waals surface area contributed by atoms with Crippen molar-refractivity contribution in [2.75, 3.05) is 0 Å². The summed E-state index contributed by atoms with van der Waals surface area (Å²) in [7, 11) is 0. The summed E-state index contributed by atoms with van der Waals surface area (Å²) in [5, 5.41) is 0. The summed E-state index contributed by atoms with van der Waals surface area (Å²) in [4.78, 5) is 0. The molecule has 0 N–H and O–H groups in total. The lowest BCUT2D eigenvalue weighted by Crippen LogP contribution is -1.75. The van der Waals surface area contributed by atoms with Gasteiger partial charge < -0.3 is 4.42 Å². The third-order valence-electron chi connectivity index (χ3n) is 1.93. The molecule has 0 unspecified atom stereocenters. The van der Waals surface area contributed by atoms with Crippen LogP contribution in [-0.2, 0) is 0 Å². The molecule has 0 fully saturated rings. The SMILES string of the molecule is C=Cc1cccc(-c2ccco2)c1. The van der Waals surface area contributed by atoms with Gasteiger partial charge in [0, 0.05) is 5.56 Å². The Labute approximate surface area is 77.3 Å². The van der Waals surface area contributed by atoms with Crippen molar-refractivity contribution in [3.63, 3.8) is 0 Å². The van der Waals surface area contributed by atoms with E-state index in [1.807, 2.05) is 42.5 Å². The summed E-state index contributed by atoms with van der Waals surface area (Å²) in [6, 6.07) is 11.9. The standard InChI is InChI=1S/C12H10O/c1-2-10-5-3-6-11(9-10)12-7-4-8-13-12/h2-9H,1H2. The average Bonchev–Trinajstić information content (AvgIpc) is 2.71. The molecule has 1 aromatic carbocycles.